The third kappa shape index (κ3) is 7.91. The minimum atomic E-state index is -1.07. The number of nitro groups is 1. The smallest absolute Gasteiger partial charge is 0.326 e. The Labute approximate surface area is 242 Å². The van der Waals surface area contributed by atoms with Crippen molar-refractivity contribution in [2.24, 2.45) is 0 Å². The van der Waals surface area contributed by atoms with Gasteiger partial charge in [-0.2, -0.15) is 0 Å². The molecule has 0 aliphatic rings. The Hall–Kier alpha value is -5.25. The molecular formula is C32H31N3O7. The lowest BCUT2D eigenvalue weighted by atomic mass is 10.0. The topological polar surface area (TPSA) is 145 Å². The number of benzene rings is 3. The predicted octanol–water partition coefficient (Wildman–Crippen LogP) is 5.81. The number of ether oxygens (including phenoxy) is 1. The molecule has 3 aromatic carbocycles. The van der Waals surface area contributed by atoms with Crippen molar-refractivity contribution in [1.82, 2.24) is 10.3 Å². The van der Waals surface area contributed by atoms with Gasteiger partial charge in [0, 0.05) is 54.3 Å². The van der Waals surface area contributed by atoms with Gasteiger partial charge in [-0.25, -0.2) is 9.78 Å². The van der Waals surface area contributed by atoms with Gasteiger partial charge >= 0.3 is 5.97 Å². The highest BCUT2D eigenvalue weighted by molar-refractivity contribution is 6.05. The number of carboxylic acid groups (broad SMARTS) is 1. The van der Waals surface area contributed by atoms with Crippen LogP contribution in [0.2, 0.25) is 0 Å². The summed E-state index contributed by atoms with van der Waals surface area (Å²) in [6.07, 6.45) is 2.75. The molecule has 0 spiro atoms. The van der Waals surface area contributed by atoms with E-state index in [9.17, 15) is 24.8 Å². The monoisotopic (exact) mass is 569 g/mol. The molecule has 4 rings (SSSR count). The highest BCUT2D eigenvalue weighted by Gasteiger charge is 2.19. The highest BCUT2D eigenvalue weighted by atomic mass is 16.6. The van der Waals surface area contributed by atoms with Crippen LogP contribution in [0.15, 0.2) is 95.1 Å². The number of carbonyl (C=O) groups excluding carboxylic acids is 1. The van der Waals surface area contributed by atoms with Crippen molar-refractivity contribution < 1.29 is 28.8 Å². The first-order valence-corrected chi connectivity index (χ1v) is 13.5. The van der Waals surface area contributed by atoms with Crippen LogP contribution in [0.25, 0.3) is 11.5 Å². The fraction of sp³-hybridized carbons (Fsp3) is 0.219. The third-order valence-corrected chi connectivity index (χ3v) is 6.50. The molecule has 2 N–H and O–H groups in total. The second kappa shape index (κ2) is 13.9. The third-order valence-electron chi connectivity index (χ3n) is 6.50. The lowest BCUT2D eigenvalue weighted by Crippen LogP contribution is -2.37. The maximum atomic E-state index is 12.5. The molecule has 4 aromatic rings. The normalized spacial score (nSPS) is 12.0. The first-order valence-electron chi connectivity index (χ1n) is 13.5. The number of ketones is 1. The van der Waals surface area contributed by atoms with Gasteiger partial charge in [0.25, 0.3) is 5.69 Å². The summed E-state index contributed by atoms with van der Waals surface area (Å²) in [5.74, 6) is 0.606. The van der Waals surface area contributed by atoms with Gasteiger partial charge in [-0.15, -0.1) is 0 Å². The van der Waals surface area contributed by atoms with Crippen molar-refractivity contribution in [3.8, 4) is 17.2 Å². The standard InChI is InChI=1S/C32H31N3O7/c1-3-30-27(34-31(42-30)24-7-5-4-6-8-24)17-18-41-26-15-9-22(10-16-26)20-28(32(37)38)33-21(2)19-29(36)23-11-13-25(14-12-23)35(39)40/h4-16,19,28,33H,3,17-18,20H2,1-2H3,(H,37,38)/b21-19+/t28-/m0/s1. The van der Waals surface area contributed by atoms with Crippen molar-refractivity contribution in [3.05, 3.63) is 123 Å². The van der Waals surface area contributed by atoms with Crippen LogP contribution in [-0.2, 0) is 24.1 Å². The van der Waals surface area contributed by atoms with Crippen LogP contribution in [-0.4, -0.2) is 39.4 Å². The molecule has 0 aliphatic heterocycles. The van der Waals surface area contributed by atoms with E-state index >= 15 is 0 Å². The van der Waals surface area contributed by atoms with E-state index in [0.29, 0.717) is 30.4 Å². The van der Waals surface area contributed by atoms with Gasteiger partial charge in [-0.05, 0) is 48.9 Å². The molecule has 10 heteroatoms. The summed E-state index contributed by atoms with van der Waals surface area (Å²) in [4.78, 5) is 39.3. The minimum Gasteiger partial charge on any atom is -0.493 e. The zero-order valence-corrected chi connectivity index (χ0v) is 23.3. The van der Waals surface area contributed by atoms with Gasteiger partial charge in [-0.3, -0.25) is 14.9 Å². The number of non-ortho nitro benzene ring substituents is 1. The molecule has 1 aromatic heterocycles. The molecule has 0 amide bonds. The predicted molar refractivity (Wildman–Crippen MR) is 156 cm³/mol. The molecule has 1 atom stereocenters. The number of aryl methyl sites for hydroxylation is 1. The average molecular weight is 570 g/mol. The summed E-state index contributed by atoms with van der Waals surface area (Å²) in [6.45, 7) is 4.02. The van der Waals surface area contributed by atoms with Crippen LogP contribution in [0, 0.1) is 10.1 Å². The molecule has 10 nitrogen and oxygen atoms in total. The molecule has 1 heterocycles. The molecule has 216 valence electrons. The Bertz CT molecular complexity index is 1560. The number of nitrogens with zero attached hydrogens (tertiary/aromatic N) is 2. The van der Waals surface area contributed by atoms with Crippen LogP contribution in [0.4, 0.5) is 5.69 Å². The summed E-state index contributed by atoms with van der Waals surface area (Å²) in [5, 5.41) is 23.4. The number of carbonyl (C=O) groups is 2. The summed E-state index contributed by atoms with van der Waals surface area (Å²) in [5.41, 5.74) is 3.06. The lowest BCUT2D eigenvalue weighted by molar-refractivity contribution is -0.384. The minimum absolute atomic E-state index is 0.120. The van der Waals surface area contributed by atoms with Crippen LogP contribution in [0.3, 0.4) is 0 Å². The van der Waals surface area contributed by atoms with Gasteiger partial charge < -0.3 is 19.6 Å². The van der Waals surface area contributed by atoms with Crippen molar-refractivity contribution in [2.75, 3.05) is 6.61 Å². The molecular weight excluding hydrogens is 538 g/mol. The summed E-state index contributed by atoms with van der Waals surface area (Å²) < 4.78 is 11.8. The molecule has 0 saturated heterocycles. The number of aliphatic carboxylic acids is 1. The van der Waals surface area contributed by atoms with Gasteiger partial charge in [-0.1, -0.05) is 37.3 Å². The highest BCUT2D eigenvalue weighted by Crippen LogP contribution is 2.23. The van der Waals surface area contributed by atoms with Gasteiger partial charge in [0.05, 0.1) is 17.2 Å². The molecule has 42 heavy (non-hydrogen) atoms. The zero-order valence-electron chi connectivity index (χ0n) is 23.3. The number of nitro benzene ring substituents is 1. The maximum absolute atomic E-state index is 12.5. The second-order valence-corrected chi connectivity index (χ2v) is 9.59. The Morgan fingerprint density at radius 1 is 1.07 bits per heavy atom. The second-order valence-electron chi connectivity index (χ2n) is 9.59. The Morgan fingerprint density at radius 2 is 1.76 bits per heavy atom. The average Bonchev–Trinajstić information content (AvgIpc) is 3.41. The molecule has 0 bridgehead atoms. The SMILES string of the molecule is CCc1oc(-c2ccccc2)nc1CCOc1ccc(C[C@H](N/C(C)=C/C(=O)c2ccc([N+](=O)[O-])cc2)C(=O)O)cc1. The number of rotatable bonds is 14. The number of allylic oxidation sites excluding steroid dienone is 2. The molecule has 0 radical (unpaired) electrons. The quantitative estimate of drug-likeness (QED) is 0.0832. The van der Waals surface area contributed by atoms with Gasteiger partial charge in [0.15, 0.2) is 5.78 Å². The fourth-order valence-corrected chi connectivity index (χ4v) is 4.33. The molecule has 0 aliphatic carbocycles. The van der Waals surface area contributed by atoms with E-state index in [1.54, 1.807) is 31.2 Å². The fourth-order valence-electron chi connectivity index (χ4n) is 4.33. The Kier molecular flexibility index (Phi) is 9.83. The van der Waals surface area contributed by atoms with E-state index in [-0.39, 0.29) is 17.7 Å². The van der Waals surface area contributed by atoms with E-state index in [2.05, 4.69) is 10.3 Å². The largest absolute Gasteiger partial charge is 0.493 e. The van der Waals surface area contributed by atoms with E-state index in [1.165, 1.54) is 30.3 Å². The Morgan fingerprint density at radius 3 is 2.38 bits per heavy atom. The number of aromatic nitrogens is 1. The number of oxazole rings is 1. The lowest BCUT2D eigenvalue weighted by Gasteiger charge is -2.16. The molecule has 0 saturated carbocycles. The molecule has 0 fully saturated rings. The number of nitrogens with one attached hydrogen (secondary N) is 1. The first kappa shape index (κ1) is 29.7. The molecule has 0 unspecified atom stereocenters. The van der Waals surface area contributed by atoms with E-state index in [4.69, 9.17) is 9.15 Å². The van der Waals surface area contributed by atoms with E-state index < -0.39 is 22.7 Å². The zero-order chi connectivity index (χ0) is 30.1. The van der Waals surface area contributed by atoms with Crippen molar-refractivity contribution in [1.29, 1.82) is 0 Å². The van der Waals surface area contributed by atoms with Gasteiger partial charge in [0.2, 0.25) is 5.89 Å². The first-order chi connectivity index (χ1) is 20.2. The van der Waals surface area contributed by atoms with Crippen LogP contribution in [0.5, 0.6) is 5.75 Å². The van der Waals surface area contributed by atoms with Crippen molar-refractivity contribution in [3.63, 3.8) is 0 Å². The summed E-state index contributed by atoms with van der Waals surface area (Å²) >= 11 is 0. The number of hydrogen-bond acceptors (Lipinski definition) is 8. The van der Waals surface area contributed by atoms with Crippen molar-refractivity contribution >= 4 is 17.4 Å². The van der Waals surface area contributed by atoms with E-state index in [1.807, 2.05) is 37.3 Å². The van der Waals surface area contributed by atoms with Crippen LogP contribution >= 0.6 is 0 Å². The maximum Gasteiger partial charge on any atom is 0.326 e. The van der Waals surface area contributed by atoms with Crippen LogP contribution < -0.4 is 10.1 Å². The number of hydrogen-bond donors (Lipinski definition) is 2. The van der Waals surface area contributed by atoms with Crippen LogP contribution in [0.1, 0.15) is 41.2 Å². The van der Waals surface area contributed by atoms with Crippen molar-refractivity contribution in [2.45, 2.75) is 39.2 Å². The summed E-state index contributed by atoms with van der Waals surface area (Å²) in [6, 6.07) is 21.1. The summed E-state index contributed by atoms with van der Waals surface area (Å²) in [7, 11) is 0. The van der Waals surface area contributed by atoms with E-state index in [0.717, 1.165) is 29.0 Å². The Balaban J connectivity index is 1.31. The van der Waals surface area contributed by atoms with Gasteiger partial charge in [0.1, 0.15) is 17.6 Å². The number of carboxylic acids is 1.